The predicted octanol–water partition coefficient (Wildman–Crippen LogP) is 3.16. The predicted molar refractivity (Wildman–Crippen MR) is 130 cm³/mol. The molecule has 198 valence electrons. The van der Waals surface area contributed by atoms with Gasteiger partial charge in [-0.1, -0.05) is 63.3 Å². The maximum atomic E-state index is 12.3. The van der Waals surface area contributed by atoms with Crippen LogP contribution in [0, 0.1) is 0 Å². The quantitative estimate of drug-likeness (QED) is 0.117. The fourth-order valence-electron chi connectivity index (χ4n) is 3.67. The molecule has 8 nitrogen and oxygen atoms in total. The molecule has 1 saturated heterocycles. The van der Waals surface area contributed by atoms with Crippen LogP contribution in [0.5, 0.6) is 0 Å². The topological polar surface area (TPSA) is 126 Å². The fourth-order valence-corrected chi connectivity index (χ4v) is 3.67. The fraction of sp³-hybridized carbons (Fsp3) is 0.808. The number of aliphatic hydroxyl groups excluding tert-OH is 4. The van der Waals surface area contributed by atoms with Gasteiger partial charge in [0.15, 0.2) is 12.4 Å². The summed E-state index contributed by atoms with van der Waals surface area (Å²) in [5.74, 6) is -0.528. The van der Waals surface area contributed by atoms with Gasteiger partial charge in [-0.2, -0.15) is 0 Å². The molecule has 0 aromatic rings. The first-order valence-corrected chi connectivity index (χ1v) is 12.9. The van der Waals surface area contributed by atoms with Crippen LogP contribution in [0.25, 0.3) is 0 Å². The second-order valence-corrected chi connectivity index (χ2v) is 8.78. The zero-order chi connectivity index (χ0) is 25.0. The summed E-state index contributed by atoms with van der Waals surface area (Å²) >= 11 is 0. The van der Waals surface area contributed by atoms with Gasteiger partial charge in [0.1, 0.15) is 18.3 Å². The second kappa shape index (κ2) is 20.0. The van der Waals surface area contributed by atoms with Crippen molar-refractivity contribution in [3.63, 3.8) is 0 Å². The zero-order valence-corrected chi connectivity index (χ0v) is 20.7. The number of unbranched alkanes of at least 4 members (excludes halogenated alkanes) is 8. The van der Waals surface area contributed by atoms with Gasteiger partial charge in [0.2, 0.25) is 0 Å². The third-order valence-electron chi connectivity index (χ3n) is 5.78. The molecule has 0 unspecified atom stereocenters. The summed E-state index contributed by atoms with van der Waals surface area (Å²) in [7, 11) is 0. The minimum absolute atomic E-state index is 0.180. The molecule has 0 spiro atoms. The highest BCUT2D eigenvalue weighted by molar-refractivity contribution is 5.69. The smallest absolute Gasteiger partial charge is 0.306 e. The lowest BCUT2D eigenvalue weighted by Gasteiger charge is -2.31. The van der Waals surface area contributed by atoms with E-state index in [1.54, 1.807) is 0 Å². The lowest BCUT2D eigenvalue weighted by Crippen LogP contribution is -2.52. The molecule has 1 heterocycles. The Morgan fingerprint density at radius 2 is 1.47 bits per heavy atom. The minimum Gasteiger partial charge on any atom is -0.454 e. The highest BCUT2D eigenvalue weighted by Crippen LogP contribution is 2.20. The number of hydrogen-bond acceptors (Lipinski definition) is 8. The molecule has 34 heavy (non-hydrogen) atoms. The average Bonchev–Trinajstić information content (AvgIpc) is 3.38. The molecule has 0 saturated carbocycles. The van der Waals surface area contributed by atoms with E-state index in [1.165, 1.54) is 25.7 Å². The van der Waals surface area contributed by atoms with Crippen molar-refractivity contribution in [2.45, 2.75) is 115 Å². The van der Waals surface area contributed by atoms with Crippen LogP contribution in [0.15, 0.2) is 24.3 Å². The van der Waals surface area contributed by atoms with Gasteiger partial charge >= 0.3 is 5.97 Å². The normalized spacial score (nSPS) is 18.5. The van der Waals surface area contributed by atoms with E-state index in [0.717, 1.165) is 38.5 Å². The molecule has 4 N–H and O–H groups in total. The third-order valence-corrected chi connectivity index (χ3v) is 5.78. The van der Waals surface area contributed by atoms with Gasteiger partial charge in [0.25, 0.3) is 0 Å². The summed E-state index contributed by atoms with van der Waals surface area (Å²) in [6.07, 6.45) is 13.8. The lowest BCUT2D eigenvalue weighted by molar-refractivity contribution is -0.210. The van der Waals surface area contributed by atoms with Crippen molar-refractivity contribution < 1.29 is 39.4 Å². The van der Waals surface area contributed by atoms with Gasteiger partial charge in [0, 0.05) is 6.42 Å². The summed E-state index contributed by atoms with van der Waals surface area (Å²) < 4.78 is 15.9. The van der Waals surface area contributed by atoms with E-state index < -0.39 is 43.3 Å². The Labute approximate surface area is 204 Å². The van der Waals surface area contributed by atoms with Gasteiger partial charge in [-0.15, -0.1) is 0 Å². The summed E-state index contributed by atoms with van der Waals surface area (Å²) in [4.78, 5) is 12.3. The summed E-state index contributed by atoms with van der Waals surface area (Å²) in [6.45, 7) is 2.02. The Balaban J connectivity index is 2.17. The summed E-state index contributed by atoms with van der Waals surface area (Å²) in [6, 6.07) is 0. The van der Waals surface area contributed by atoms with Crippen molar-refractivity contribution in [2.75, 3.05) is 19.8 Å². The zero-order valence-electron chi connectivity index (χ0n) is 20.7. The Kier molecular flexibility index (Phi) is 18.0. The standard InChI is InChI=1S/C26H46O8/c1-2-3-4-5-6-7-8-9-10-11-12-13-14-15-16-17-22(29)34-25(26-32-18-19-33-26)24(31)23(30)21(28)20-27/h6-7,9-10,21,23-28,30-31H,2-5,8,11-20H2,1H3/b7-6-,10-9-/t21-,23-,24+,25+/m1/s1. The average molecular weight is 487 g/mol. The second-order valence-electron chi connectivity index (χ2n) is 8.78. The molecule has 0 bridgehead atoms. The first-order valence-electron chi connectivity index (χ1n) is 12.9. The maximum absolute atomic E-state index is 12.3. The van der Waals surface area contributed by atoms with Crippen molar-refractivity contribution in [3.8, 4) is 0 Å². The largest absolute Gasteiger partial charge is 0.454 e. The van der Waals surface area contributed by atoms with Gasteiger partial charge in [0.05, 0.1) is 19.8 Å². The number of aliphatic hydroxyl groups is 4. The highest BCUT2D eigenvalue weighted by atomic mass is 16.7. The first-order chi connectivity index (χ1) is 16.5. The molecule has 0 radical (unpaired) electrons. The molecule has 1 fully saturated rings. The van der Waals surface area contributed by atoms with Gasteiger partial charge in [-0.3, -0.25) is 4.79 Å². The Morgan fingerprint density at radius 1 is 0.882 bits per heavy atom. The van der Waals surface area contributed by atoms with Crippen LogP contribution in [-0.4, -0.2) is 76.9 Å². The molecule has 0 aromatic carbocycles. The first kappa shape index (κ1) is 30.7. The van der Waals surface area contributed by atoms with Crippen LogP contribution in [0.3, 0.4) is 0 Å². The number of carbonyl (C=O) groups excluding carboxylic acids is 1. The molecule has 0 amide bonds. The van der Waals surface area contributed by atoms with Crippen LogP contribution in [0.4, 0.5) is 0 Å². The molecule has 1 aliphatic rings. The van der Waals surface area contributed by atoms with Gasteiger partial charge in [-0.05, 0) is 38.5 Å². The molecule has 1 aliphatic heterocycles. The number of carbonyl (C=O) groups is 1. The molecular weight excluding hydrogens is 440 g/mol. The highest BCUT2D eigenvalue weighted by Gasteiger charge is 2.41. The Bertz CT molecular complexity index is 559. The van der Waals surface area contributed by atoms with Crippen molar-refractivity contribution in [2.24, 2.45) is 0 Å². The van der Waals surface area contributed by atoms with Crippen LogP contribution in [-0.2, 0) is 19.0 Å². The van der Waals surface area contributed by atoms with Crippen LogP contribution in [0.2, 0.25) is 0 Å². The van der Waals surface area contributed by atoms with Gasteiger partial charge in [-0.25, -0.2) is 0 Å². The lowest BCUT2D eigenvalue weighted by atomic mass is 10.0. The number of rotatable bonds is 20. The van der Waals surface area contributed by atoms with E-state index in [2.05, 4.69) is 31.2 Å². The molecule has 0 aliphatic carbocycles. The number of allylic oxidation sites excluding steroid dienone is 4. The number of ether oxygens (including phenoxy) is 3. The monoisotopic (exact) mass is 486 g/mol. The van der Waals surface area contributed by atoms with Gasteiger partial charge < -0.3 is 34.6 Å². The Hall–Kier alpha value is -1.29. The third kappa shape index (κ3) is 13.6. The van der Waals surface area contributed by atoms with Crippen molar-refractivity contribution in [1.82, 2.24) is 0 Å². The van der Waals surface area contributed by atoms with E-state index in [4.69, 9.17) is 19.3 Å². The molecule has 0 aromatic heterocycles. The molecular formula is C26H46O8. The van der Waals surface area contributed by atoms with Crippen LogP contribution >= 0.6 is 0 Å². The van der Waals surface area contributed by atoms with E-state index in [9.17, 15) is 20.1 Å². The van der Waals surface area contributed by atoms with E-state index >= 15 is 0 Å². The maximum Gasteiger partial charge on any atom is 0.306 e. The molecule has 1 rings (SSSR count). The molecule has 8 heteroatoms. The van der Waals surface area contributed by atoms with E-state index in [-0.39, 0.29) is 19.6 Å². The minimum atomic E-state index is -1.70. The summed E-state index contributed by atoms with van der Waals surface area (Å²) in [5, 5.41) is 38.9. The van der Waals surface area contributed by atoms with Crippen LogP contribution < -0.4 is 0 Å². The molecule has 4 atom stereocenters. The number of hydrogen-bond donors (Lipinski definition) is 4. The van der Waals surface area contributed by atoms with Crippen LogP contribution in [0.1, 0.15) is 84.0 Å². The van der Waals surface area contributed by atoms with E-state index in [0.29, 0.717) is 6.42 Å². The number of esters is 1. The van der Waals surface area contributed by atoms with E-state index in [1.807, 2.05) is 0 Å². The summed E-state index contributed by atoms with van der Waals surface area (Å²) in [5.41, 5.74) is 0. The van der Waals surface area contributed by atoms with Crippen molar-refractivity contribution in [1.29, 1.82) is 0 Å². The Morgan fingerprint density at radius 3 is 2.09 bits per heavy atom. The SMILES string of the molecule is CCCCC/C=C\C/C=C\CCCCCCCC(=O)O[C@H](C1OCCO1)[C@@H](O)[C@H](O)[C@H](O)CO. The van der Waals surface area contributed by atoms with Crippen molar-refractivity contribution in [3.05, 3.63) is 24.3 Å². The van der Waals surface area contributed by atoms with Crippen molar-refractivity contribution >= 4 is 5.97 Å².